The zero-order chi connectivity index (χ0) is 34.4. The topological polar surface area (TPSA) is 98.7 Å². The minimum atomic E-state index is -0.864. The van der Waals surface area contributed by atoms with E-state index in [2.05, 4.69) is 26.0 Å². The minimum absolute atomic E-state index is 0.0271. The number of hydrogen-bond acceptors (Lipinski definition) is 7. The van der Waals surface area contributed by atoms with Crippen molar-refractivity contribution < 1.29 is 23.9 Å². The quantitative estimate of drug-likeness (QED) is 0.198. The first-order valence-electron chi connectivity index (χ1n) is 17.9. The summed E-state index contributed by atoms with van der Waals surface area (Å²) >= 11 is 6.87. The summed E-state index contributed by atoms with van der Waals surface area (Å²) in [6.45, 7) is 6.17. The van der Waals surface area contributed by atoms with Gasteiger partial charge in [-0.2, -0.15) is 0 Å². The van der Waals surface area contributed by atoms with Gasteiger partial charge in [-0.3, -0.25) is 19.4 Å². The highest BCUT2D eigenvalue weighted by molar-refractivity contribution is 6.36. The van der Waals surface area contributed by atoms with Crippen molar-refractivity contribution in [2.75, 3.05) is 7.11 Å². The maximum Gasteiger partial charge on any atom is 0.312 e. The molecule has 0 N–H and O–H groups in total. The van der Waals surface area contributed by atoms with Crippen LogP contribution in [0.5, 0.6) is 5.75 Å². The molecule has 5 heterocycles. The van der Waals surface area contributed by atoms with Crippen molar-refractivity contribution >= 4 is 40.2 Å². The molecule has 3 aliphatic heterocycles. The second-order valence-electron chi connectivity index (χ2n) is 14.9. The lowest BCUT2D eigenvalue weighted by molar-refractivity contribution is -0.151. The van der Waals surface area contributed by atoms with E-state index >= 15 is 0 Å². The molecule has 1 aliphatic carbocycles. The Morgan fingerprint density at radius 3 is 2.67 bits per heavy atom. The van der Waals surface area contributed by atoms with Crippen LogP contribution in [0.1, 0.15) is 95.2 Å². The maximum absolute atomic E-state index is 14.3. The van der Waals surface area contributed by atoms with Gasteiger partial charge in [-0.15, -0.1) is 0 Å². The molecule has 7 rings (SSSR count). The molecule has 4 aliphatic rings. The summed E-state index contributed by atoms with van der Waals surface area (Å²) in [4.78, 5) is 53.4. The van der Waals surface area contributed by atoms with Gasteiger partial charge < -0.3 is 14.4 Å². The van der Waals surface area contributed by atoms with Crippen LogP contribution in [0.15, 0.2) is 48.6 Å². The van der Waals surface area contributed by atoms with E-state index in [0.29, 0.717) is 34.8 Å². The van der Waals surface area contributed by atoms with Gasteiger partial charge in [-0.05, 0) is 81.0 Å². The number of benzene rings is 1. The van der Waals surface area contributed by atoms with E-state index in [1.807, 2.05) is 48.2 Å². The number of Topliss-reactive ketones (excluding diaryl/α,β-unsaturated/α-hetero) is 1. The molecule has 1 aromatic carbocycles. The van der Waals surface area contributed by atoms with Gasteiger partial charge in [0.2, 0.25) is 5.91 Å². The molecule has 8 nitrogen and oxygen atoms in total. The molecule has 2 aromatic heterocycles. The number of carbonyl (C=O) groups is 3. The summed E-state index contributed by atoms with van der Waals surface area (Å²) in [6, 6.07) is 10.9. The minimum Gasteiger partial charge on any atom is -0.487 e. The number of hydrogen-bond donors (Lipinski definition) is 0. The average Bonchev–Trinajstić information content (AvgIpc) is 3.67. The van der Waals surface area contributed by atoms with Crippen LogP contribution >= 0.6 is 11.6 Å². The van der Waals surface area contributed by atoms with Crippen molar-refractivity contribution in [3.05, 3.63) is 64.8 Å². The molecule has 258 valence electrons. The van der Waals surface area contributed by atoms with Gasteiger partial charge in [0.05, 0.1) is 46.5 Å². The average molecular weight is 684 g/mol. The Hall–Kier alpha value is -3.78. The number of ketones is 1. The van der Waals surface area contributed by atoms with E-state index < -0.39 is 17.6 Å². The van der Waals surface area contributed by atoms with Crippen molar-refractivity contribution in [1.29, 1.82) is 0 Å². The van der Waals surface area contributed by atoms with Crippen LogP contribution in [0.25, 0.3) is 22.3 Å². The van der Waals surface area contributed by atoms with Crippen molar-refractivity contribution in [2.45, 2.75) is 109 Å². The first-order chi connectivity index (χ1) is 23.6. The van der Waals surface area contributed by atoms with Gasteiger partial charge in [0.25, 0.3) is 0 Å². The molecule has 2 bridgehead atoms. The number of nitrogens with zero attached hydrogens (tertiary/aromatic N) is 3. The number of allylic oxidation sites excluding steroid dienone is 2. The fourth-order valence-corrected chi connectivity index (χ4v) is 8.59. The Bertz CT molecular complexity index is 1820. The predicted octanol–water partition coefficient (Wildman–Crippen LogP) is 8.17. The smallest absolute Gasteiger partial charge is 0.312 e. The number of pyridine rings is 2. The lowest BCUT2D eigenvalue weighted by Gasteiger charge is -2.39. The molecule has 3 fully saturated rings. The van der Waals surface area contributed by atoms with E-state index in [1.165, 1.54) is 7.11 Å². The molecule has 1 amide bonds. The van der Waals surface area contributed by atoms with E-state index in [9.17, 15) is 14.4 Å². The number of aryl methyl sites for hydroxylation is 1. The molecular formula is C40H46ClN3O5. The summed E-state index contributed by atoms with van der Waals surface area (Å²) in [5, 5.41) is 1.32. The van der Waals surface area contributed by atoms with Gasteiger partial charge in [-0.1, -0.05) is 62.6 Å². The fraction of sp³-hybridized carbons (Fsp3) is 0.525. The van der Waals surface area contributed by atoms with E-state index in [0.717, 1.165) is 67.3 Å². The van der Waals surface area contributed by atoms with Gasteiger partial charge in [0.15, 0.2) is 5.78 Å². The van der Waals surface area contributed by atoms with Crippen LogP contribution in [0.2, 0.25) is 5.02 Å². The number of amides is 1. The largest absolute Gasteiger partial charge is 0.487 e. The molecule has 0 unspecified atom stereocenters. The van der Waals surface area contributed by atoms with Crippen LogP contribution in [0.3, 0.4) is 0 Å². The summed E-state index contributed by atoms with van der Waals surface area (Å²) in [7, 11) is 1.39. The van der Waals surface area contributed by atoms with E-state index in [-0.39, 0.29) is 47.9 Å². The SMILES string of the molecule is COC(=O)[C@]12CC(=O)[C@@H]3C[C@@H](Oc4cc(-c5cccc(C(C)C)n5)nc5c(Cl)c(C)ccc45)[C@H]4CC[C@H](CCCCC/C=C\[C@H]1C2)C(=O)N43. The van der Waals surface area contributed by atoms with Gasteiger partial charge in [0, 0.05) is 35.9 Å². The molecule has 2 saturated heterocycles. The van der Waals surface area contributed by atoms with E-state index in [4.69, 9.17) is 31.0 Å². The highest BCUT2D eigenvalue weighted by Crippen LogP contribution is 2.58. The number of ether oxygens (including phenoxy) is 2. The zero-order valence-electron chi connectivity index (χ0n) is 28.9. The second kappa shape index (κ2) is 13.5. The molecule has 6 atom stereocenters. The van der Waals surface area contributed by atoms with Crippen LogP contribution in [0.4, 0.5) is 0 Å². The van der Waals surface area contributed by atoms with Gasteiger partial charge >= 0.3 is 5.97 Å². The van der Waals surface area contributed by atoms with Crippen molar-refractivity contribution in [1.82, 2.24) is 14.9 Å². The third-order valence-corrected chi connectivity index (χ3v) is 11.8. The molecule has 0 radical (unpaired) electrons. The Kier molecular flexibility index (Phi) is 9.29. The van der Waals surface area contributed by atoms with Crippen molar-refractivity contribution in [2.24, 2.45) is 17.3 Å². The first kappa shape index (κ1) is 33.7. The molecule has 49 heavy (non-hydrogen) atoms. The Balaban J connectivity index is 1.26. The number of esters is 1. The van der Waals surface area contributed by atoms with Crippen molar-refractivity contribution in [3.63, 3.8) is 0 Å². The van der Waals surface area contributed by atoms with Crippen LogP contribution < -0.4 is 4.74 Å². The number of aromatic nitrogens is 2. The molecular weight excluding hydrogens is 638 g/mol. The molecule has 9 heteroatoms. The summed E-state index contributed by atoms with van der Waals surface area (Å²) < 4.78 is 12.2. The van der Waals surface area contributed by atoms with Crippen LogP contribution in [-0.2, 0) is 19.1 Å². The summed E-state index contributed by atoms with van der Waals surface area (Å²) in [6.07, 6.45) is 11.2. The highest BCUT2D eigenvalue weighted by atomic mass is 35.5. The fourth-order valence-electron chi connectivity index (χ4n) is 8.38. The Morgan fingerprint density at radius 2 is 1.88 bits per heavy atom. The number of halogens is 1. The summed E-state index contributed by atoms with van der Waals surface area (Å²) in [5.41, 5.74) is 3.00. The normalized spacial score (nSPS) is 29.3. The zero-order valence-corrected chi connectivity index (χ0v) is 29.7. The lowest BCUT2D eigenvalue weighted by Crippen LogP contribution is -2.52. The number of carbonyl (C=O) groups excluding carboxylic acids is 3. The Labute approximate surface area is 293 Å². The Morgan fingerprint density at radius 1 is 1.04 bits per heavy atom. The third kappa shape index (κ3) is 6.26. The molecule has 0 spiro atoms. The molecule has 1 saturated carbocycles. The predicted molar refractivity (Wildman–Crippen MR) is 189 cm³/mol. The second-order valence-corrected chi connectivity index (χ2v) is 15.2. The monoisotopic (exact) mass is 683 g/mol. The standard InChI is InChI=1S/C40H46ClN3O5/c1-23(2)28-13-10-14-29(42-28)30-19-34(27-17-15-24(3)36(41)37(27)43-30)49-35-20-32-33(45)22-40(39(47)48-4)21-26(40)12-9-7-5-6-8-11-25-16-18-31(35)44(32)38(25)46/h9-10,12-15,17,19,23,25-26,31-32,35H,5-8,11,16,18,20-22H2,1-4H3/b12-9-/t25-,26-,31+,32-,35+,40+/m0/s1. The number of fused-ring (bicyclic) bond motifs is 3. The van der Waals surface area contributed by atoms with Crippen LogP contribution in [0, 0.1) is 24.2 Å². The lowest BCUT2D eigenvalue weighted by atomic mass is 9.87. The maximum atomic E-state index is 14.3. The number of methoxy groups -OCH3 is 1. The number of piperidine rings is 1. The van der Waals surface area contributed by atoms with Crippen molar-refractivity contribution in [3.8, 4) is 17.1 Å². The van der Waals surface area contributed by atoms with Gasteiger partial charge in [0.1, 0.15) is 11.9 Å². The first-order valence-corrected chi connectivity index (χ1v) is 18.3. The molecule has 3 aromatic rings. The number of rotatable bonds is 5. The third-order valence-electron chi connectivity index (χ3n) is 11.3. The van der Waals surface area contributed by atoms with Crippen LogP contribution in [-0.4, -0.2) is 57.8 Å². The van der Waals surface area contributed by atoms with E-state index in [1.54, 1.807) is 0 Å². The van der Waals surface area contributed by atoms with Gasteiger partial charge in [-0.25, -0.2) is 4.98 Å². The summed E-state index contributed by atoms with van der Waals surface area (Å²) in [5.74, 6) is 0.327. The highest BCUT2D eigenvalue weighted by Gasteiger charge is 2.62.